The van der Waals surface area contributed by atoms with Gasteiger partial charge in [0.1, 0.15) is 12.7 Å². The van der Waals surface area contributed by atoms with Crippen LogP contribution in [0.25, 0.3) is 17.1 Å². The van der Waals surface area contributed by atoms with E-state index in [-0.39, 0.29) is 0 Å². The molecule has 23 heavy (non-hydrogen) atoms. The zero-order chi connectivity index (χ0) is 15.5. The van der Waals surface area contributed by atoms with Crippen LogP contribution >= 0.6 is 11.5 Å². The van der Waals surface area contributed by atoms with Crippen LogP contribution in [0.2, 0.25) is 0 Å². The van der Waals surface area contributed by atoms with Crippen molar-refractivity contribution in [1.29, 1.82) is 0 Å². The third kappa shape index (κ3) is 2.82. The lowest BCUT2D eigenvalue weighted by molar-refractivity contribution is 0.827. The summed E-state index contributed by atoms with van der Waals surface area (Å²) < 4.78 is 3.61. The highest BCUT2D eigenvalue weighted by Gasteiger charge is 2.10. The van der Waals surface area contributed by atoms with Gasteiger partial charge in [-0.3, -0.25) is 0 Å². The van der Waals surface area contributed by atoms with Crippen molar-refractivity contribution in [2.75, 3.05) is 0 Å². The van der Waals surface area contributed by atoms with Crippen LogP contribution in [0.4, 0.5) is 0 Å². The fourth-order valence-corrected chi connectivity index (χ4v) is 3.06. The van der Waals surface area contributed by atoms with Crippen LogP contribution in [0, 0.1) is 0 Å². The van der Waals surface area contributed by atoms with Crippen molar-refractivity contribution in [3.63, 3.8) is 0 Å². The van der Waals surface area contributed by atoms with Gasteiger partial charge >= 0.3 is 0 Å². The summed E-state index contributed by atoms with van der Waals surface area (Å²) in [6.45, 7) is 0. The lowest BCUT2D eigenvalue weighted by atomic mass is 10.2. The summed E-state index contributed by atoms with van der Waals surface area (Å²) in [6.07, 6.45) is 3.08. The number of nitrogens with zero attached hydrogens (tertiary/aromatic N) is 6. The quantitative estimate of drug-likeness (QED) is 0.583. The Labute approximate surface area is 136 Å². The minimum Gasteiger partial charge on any atom is -0.246 e. The van der Waals surface area contributed by atoms with E-state index in [1.54, 1.807) is 4.68 Å². The zero-order valence-electron chi connectivity index (χ0n) is 12.0. The molecule has 0 amide bonds. The van der Waals surface area contributed by atoms with Gasteiger partial charge < -0.3 is 0 Å². The molecule has 0 radical (unpaired) electrons. The van der Waals surface area contributed by atoms with Crippen molar-refractivity contribution in [3.05, 3.63) is 78.1 Å². The summed E-state index contributed by atoms with van der Waals surface area (Å²) in [5.41, 5.74) is 2.09. The third-order valence-electron chi connectivity index (χ3n) is 3.20. The van der Waals surface area contributed by atoms with E-state index in [9.17, 15) is 0 Å². The summed E-state index contributed by atoms with van der Waals surface area (Å²) >= 11 is 1.47. The maximum absolute atomic E-state index is 4.67. The van der Waals surface area contributed by atoms with Gasteiger partial charge in [0, 0.05) is 5.56 Å². The second-order valence-corrected chi connectivity index (χ2v) is 5.66. The molecule has 0 atom stereocenters. The Morgan fingerprint density at radius 1 is 0.826 bits per heavy atom. The van der Waals surface area contributed by atoms with Crippen molar-refractivity contribution < 1.29 is 0 Å². The summed E-state index contributed by atoms with van der Waals surface area (Å²) in [7, 11) is 0. The standard InChI is InChI=1S/C16H12N6S/c1-3-7-13(8-4-1)15-19-16(20-21-11-17-18-12-21)23-22(15)14-9-5-2-6-10-14/h1-12H/b20-16-. The van der Waals surface area contributed by atoms with Crippen molar-refractivity contribution in [2.45, 2.75) is 0 Å². The molecule has 0 saturated carbocycles. The summed E-state index contributed by atoms with van der Waals surface area (Å²) in [5, 5.41) is 11.9. The highest BCUT2D eigenvalue weighted by Crippen LogP contribution is 2.21. The predicted molar refractivity (Wildman–Crippen MR) is 87.9 cm³/mol. The number of hydrogen-bond acceptors (Lipinski definition) is 5. The van der Waals surface area contributed by atoms with Gasteiger partial charge in [0.15, 0.2) is 5.82 Å². The minimum atomic E-state index is 0.632. The van der Waals surface area contributed by atoms with Gasteiger partial charge in [0.05, 0.1) is 5.69 Å². The van der Waals surface area contributed by atoms with Gasteiger partial charge in [-0.2, -0.15) is 4.98 Å². The van der Waals surface area contributed by atoms with E-state index >= 15 is 0 Å². The molecule has 0 unspecified atom stereocenters. The molecule has 0 aliphatic heterocycles. The monoisotopic (exact) mass is 320 g/mol. The van der Waals surface area contributed by atoms with Crippen LogP contribution < -0.4 is 4.80 Å². The highest BCUT2D eigenvalue weighted by atomic mass is 32.1. The molecular formula is C16H12N6S. The molecule has 2 heterocycles. The zero-order valence-corrected chi connectivity index (χ0v) is 12.8. The largest absolute Gasteiger partial charge is 0.246 e. The summed E-state index contributed by atoms with van der Waals surface area (Å²) in [4.78, 5) is 5.30. The molecule has 0 aliphatic rings. The van der Waals surface area contributed by atoms with Crippen LogP contribution in [0.1, 0.15) is 0 Å². The van der Waals surface area contributed by atoms with E-state index in [4.69, 9.17) is 0 Å². The Balaban J connectivity index is 1.91. The van der Waals surface area contributed by atoms with Gasteiger partial charge in [-0.1, -0.05) is 48.5 Å². The summed E-state index contributed by atoms with van der Waals surface area (Å²) in [5.74, 6) is 0.855. The van der Waals surface area contributed by atoms with Crippen LogP contribution in [0.5, 0.6) is 0 Å². The fourth-order valence-electron chi connectivity index (χ4n) is 2.18. The van der Waals surface area contributed by atoms with Crippen molar-refractivity contribution in [1.82, 2.24) is 23.8 Å². The van der Waals surface area contributed by atoms with E-state index in [0.717, 1.165) is 17.1 Å². The Bertz CT molecular complexity index is 895. The molecule has 7 heteroatoms. The van der Waals surface area contributed by atoms with Crippen molar-refractivity contribution >= 4 is 11.5 Å². The smallest absolute Gasteiger partial charge is 0.246 e. The van der Waals surface area contributed by atoms with Crippen molar-refractivity contribution in [3.8, 4) is 17.1 Å². The third-order valence-corrected chi connectivity index (χ3v) is 4.10. The number of para-hydroxylation sites is 1. The van der Waals surface area contributed by atoms with Gasteiger partial charge in [0.2, 0.25) is 4.80 Å². The van der Waals surface area contributed by atoms with E-state index in [1.807, 2.05) is 60.7 Å². The van der Waals surface area contributed by atoms with E-state index in [2.05, 4.69) is 24.2 Å². The Hall–Kier alpha value is -3.06. The molecule has 2 aromatic heterocycles. The second kappa shape index (κ2) is 5.98. The highest BCUT2D eigenvalue weighted by molar-refractivity contribution is 7.04. The average molecular weight is 320 g/mol. The first-order valence-electron chi connectivity index (χ1n) is 7.01. The molecule has 0 aliphatic carbocycles. The SMILES string of the molecule is c1ccc(-c2n/c(=N/n3cnnc3)sn2-c2ccccc2)cc1. The molecular weight excluding hydrogens is 308 g/mol. The van der Waals surface area contributed by atoms with Gasteiger partial charge in [-0.05, 0) is 23.7 Å². The number of benzene rings is 2. The molecule has 0 N–H and O–H groups in total. The number of hydrogen-bond donors (Lipinski definition) is 0. The lowest BCUT2D eigenvalue weighted by Crippen LogP contribution is -2.01. The Morgan fingerprint density at radius 2 is 1.48 bits per heavy atom. The molecule has 112 valence electrons. The second-order valence-electron chi connectivity index (χ2n) is 4.75. The normalized spacial score (nSPS) is 11.7. The van der Waals surface area contributed by atoms with Gasteiger partial charge in [-0.25, -0.2) is 8.63 Å². The van der Waals surface area contributed by atoms with E-state index in [0.29, 0.717) is 4.80 Å². The molecule has 2 aromatic carbocycles. The molecule has 0 saturated heterocycles. The van der Waals surface area contributed by atoms with E-state index < -0.39 is 0 Å². The van der Waals surface area contributed by atoms with Crippen LogP contribution in [-0.4, -0.2) is 23.8 Å². The van der Waals surface area contributed by atoms with Crippen LogP contribution in [-0.2, 0) is 0 Å². The molecule has 0 fully saturated rings. The van der Waals surface area contributed by atoms with Crippen LogP contribution in [0.15, 0.2) is 78.4 Å². The molecule has 4 aromatic rings. The first kappa shape index (κ1) is 13.6. The molecule has 4 rings (SSSR count). The maximum Gasteiger partial charge on any atom is 0.246 e. The lowest BCUT2D eigenvalue weighted by Gasteiger charge is -2.05. The minimum absolute atomic E-state index is 0.632. The topological polar surface area (TPSA) is 60.9 Å². The van der Waals surface area contributed by atoms with Gasteiger partial charge in [0.25, 0.3) is 0 Å². The fraction of sp³-hybridized carbons (Fsp3) is 0. The molecule has 0 spiro atoms. The average Bonchev–Trinajstić information content (AvgIpc) is 3.27. The molecule has 6 nitrogen and oxygen atoms in total. The first-order chi connectivity index (χ1) is 11.4. The summed E-state index contributed by atoms with van der Waals surface area (Å²) in [6, 6.07) is 20.2. The Kier molecular flexibility index (Phi) is 3.53. The van der Waals surface area contributed by atoms with Crippen molar-refractivity contribution in [2.24, 2.45) is 5.10 Å². The first-order valence-corrected chi connectivity index (χ1v) is 7.78. The van der Waals surface area contributed by atoms with Gasteiger partial charge in [-0.15, -0.1) is 15.3 Å². The predicted octanol–water partition coefficient (Wildman–Crippen LogP) is 2.56. The number of aromatic nitrogens is 5. The molecule has 0 bridgehead atoms. The van der Waals surface area contributed by atoms with Crippen LogP contribution in [0.3, 0.4) is 0 Å². The Morgan fingerprint density at radius 3 is 2.17 bits per heavy atom. The van der Waals surface area contributed by atoms with E-state index in [1.165, 1.54) is 24.2 Å². The maximum atomic E-state index is 4.67. The number of rotatable bonds is 3.